The Hall–Kier alpha value is -1.06. The number of rotatable bonds is 3. The summed E-state index contributed by atoms with van der Waals surface area (Å²) in [4.78, 5) is 27.5. The number of carbonyl (C=O) groups is 2. The van der Waals surface area contributed by atoms with E-state index in [0.717, 1.165) is 19.3 Å². The SMILES string of the molecule is CC(C)C1NC(=O)C(C(C)C)N(C2CCCC2(C)C)C1=O. The fraction of sp³-hybridized carbons (Fsp3) is 0.882. The van der Waals surface area contributed by atoms with Crippen molar-refractivity contribution in [1.82, 2.24) is 10.2 Å². The maximum Gasteiger partial charge on any atom is 0.246 e. The molecule has 1 saturated heterocycles. The molecule has 0 aromatic carbocycles. The molecule has 1 aliphatic heterocycles. The summed E-state index contributed by atoms with van der Waals surface area (Å²) in [6.45, 7) is 12.5. The molecule has 0 bridgehead atoms. The van der Waals surface area contributed by atoms with Crippen LogP contribution in [0.2, 0.25) is 0 Å². The quantitative estimate of drug-likeness (QED) is 0.869. The third kappa shape index (κ3) is 2.82. The number of carbonyl (C=O) groups excluding carboxylic acids is 2. The van der Waals surface area contributed by atoms with Crippen LogP contribution < -0.4 is 5.32 Å². The number of amides is 2. The van der Waals surface area contributed by atoms with Crippen molar-refractivity contribution in [2.45, 2.75) is 78.9 Å². The van der Waals surface area contributed by atoms with Crippen LogP contribution in [-0.2, 0) is 9.59 Å². The number of nitrogens with zero attached hydrogens (tertiary/aromatic N) is 1. The van der Waals surface area contributed by atoms with E-state index < -0.39 is 0 Å². The predicted molar refractivity (Wildman–Crippen MR) is 83.7 cm³/mol. The van der Waals surface area contributed by atoms with Gasteiger partial charge in [0.15, 0.2) is 0 Å². The van der Waals surface area contributed by atoms with Gasteiger partial charge < -0.3 is 10.2 Å². The van der Waals surface area contributed by atoms with Crippen molar-refractivity contribution < 1.29 is 9.59 Å². The van der Waals surface area contributed by atoms with Crippen molar-refractivity contribution in [1.29, 1.82) is 0 Å². The molecule has 0 aromatic rings. The molecule has 3 unspecified atom stereocenters. The molecule has 1 N–H and O–H groups in total. The van der Waals surface area contributed by atoms with Crippen molar-refractivity contribution in [2.75, 3.05) is 0 Å². The Labute approximate surface area is 128 Å². The minimum atomic E-state index is -0.371. The maximum absolute atomic E-state index is 13.0. The Morgan fingerprint density at radius 1 is 1.14 bits per heavy atom. The van der Waals surface area contributed by atoms with Crippen molar-refractivity contribution in [3.05, 3.63) is 0 Å². The highest BCUT2D eigenvalue weighted by Crippen LogP contribution is 2.43. The van der Waals surface area contributed by atoms with E-state index in [1.165, 1.54) is 0 Å². The van der Waals surface area contributed by atoms with Crippen LogP contribution in [-0.4, -0.2) is 34.8 Å². The van der Waals surface area contributed by atoms with Gasteiger partial charge in [-0.15, -0.1) is 0 Å². The van der Waals surface area contributed by atoms with Crippen LogP contribution in [0, 0.1) is 17.3 Å². The van der Waals surface area contributed by atoms with E-state index in [1.807, 2.05) is 32.6 Å². The minimum absolute atomic E-state index is 0.0194. The van der Waals surface area contributed by atoms with Crippen LogP contribution in [0.1, 0.15) is 60.8 Å². The van der Waals surface area contributed by atoms with Gasteiger partial charge >= 0.3 is 0 Å². The lowest BCUT2D eigenvalue weighted by molar-refractivity contribution is -0.157. The molecule has 2 aliphatic rings. The molecular weight excluding hydrogens is 264 g/mol. The van der Waals surface area contributed by atoms with Gasteiger partial charge in [-0.25, -0.2) is 0 Å². The fourth-order valence-corrected chi connectivity index (χ4v) is 3.97. The summed E-state index contributed by atoms with van der Waals surface area (Å²) in [5.41, 5.74) is 0.0992. The lowest BCUT2D eigenvalue weighted by atomic mass is 9.82. The third-order valence-corrected chi connectivity index (χ3v) is 5.22. The van der Waals surface area contributed by atoms with Gasteiger partial charge in [0.25, 0.3) is 0 Å². The summed E-state index contributed by atoms with van der Waals surface area (Å²) in [6, 6.07) is -0.511. The minimum Gasteiger partial charge on any atom is -0.342 e. The van der Waals surface area contributed by atoms with Gasteiger partial charge in [-0.05, 0) is 30.1 Å². The lowest BCUT2D eigenvalue weighted by Gasteiger charge is -2.48. The highest BCUT2D eigenvalue weighted by Gasteiger charge is 2.50. The second-order valence-corrected chi connectivity index (χ2v) is 8.06. The normalized spacial score (nSPS) is 33.0. The first kappa shape index (κ1) is 16.3. The molecule has 1 heterocycles. The Morgan fingerprint density at radius 2 is 1.76 bits per heavy atom. The fourth-order valence-electron chi connectivity index (χ4n) is 3.97. The van der Waals surface area contributed by atoms with E-state index in [1.54, 1.807) is 0 Å². The monoisotopic (exact) mass is 294 g/mol. The zero-order valence-electron chi connectivity index (χ0n) is 14.3. The van der Waals surface area contributed by atoms with Crippen LogP contribution >= 0.6 is 0 Å². The Kier molecular flexibility index (Phi) is 4.36. The molecule has 0 spiro atoms. The van der Waals surface area contributed by atoms with E-state index in [4.69, 9.17) is 0 Å². The molecule has 2 amide bonds. The molecule has 3 atom stereocenters. The summed E-state index contributed by atoms with van der Waals surface area (Å²) in [7, 11) is 0. The smallest absolute Gasteiger partial charge is 0.246 e. The highest BCUT2D eigenvalue weighted by molar-refractivity contribution is 5.97. The van der Waals surface area contributed by atoms with Crippen molar-refractivity contribution in [3.63, 3.8) is 0 Å². The molecule has 1 saturated carbocycles. The average Bonchev–Trinajstić information content (AvgIpc) is 2.69. The first-order valence-electron chi connectivity index (χ1n) is 8.29. The first-order chi connectivity index (χ1) is 9.66. The third-order valence-electron chi connectivity index (χ3n) is 5.22. The van der Waals surface area contributed by atoms with Gasteiger partial charge in [0.1, 0.15) is 12.1 Å². The summed E-state index contributed by atoms with van der Waals surface area (Å²) in [6.07, 6.45) is 3.28. The largest absolute Gasteiger partial charge is 0.342 e. The lowest BCUT2D eigenvalue weighted by Crippen LogP contribution is -2.69. The number of hydrogen-bond donors (Lipinski definition) is 1. The van der Waals surface area contributed by atoms with Gasteiger partial charge in [-0.2, -0.15) is 0 Å². The van der Waals surface area contributed by atoms with Crippen molar-refractivity contribution >= 4 is 11.8 Å². The van der Waals surface area contributed by atoms with Crippen LogP contribution in [0.25, 0.3) is 0 Å². The molecule has 120 valence electrons. The molecule has 2 rings (SSSR count). The average molecular weight is 294 g/mol. The second kappa shape index (κ2) is 5.62. The number of piperazine rings is 1. The summed E-state index contributed by atoms with van der Waals surface area (Å²) >= 11 is 0. The van der Waals surface area contributed by atoms with E-state index in [9.17, 15) is 9.59 Å². The van der Waals surface area contributed by atoms with Crippen LogP contribution in [0.4, 0.5) is 0 Å². The van der Waals surface area contributed by atoms with Crippen molar-refractivity contribution in [2.24, 2.45) is 17.3 Å². The zero-order chi connectivity index (χ0) is 15.9. The first-order valence-corrected chi connectivity index (χ1v) is 8.29. The molecule has 2 fully saturated rings. The molecule has 1 aliphatic carbocycles. The van der Waals surface area contributed by atoms with E-state index >= 15 is 0 Å². The van der Waals surface area contributed by atoms with E-state index in [2.05, 4.69) is 19.2 Å². The molecule has 4 heteroatoms. The molecule has 21 heavy (non-hydrogen) atoms. The maximum atomic E-state index is 13.0. The summed E-state index contributed by atoms with van der Waals surface area (Å²) in [5, 5.41) is 2.95. The molecule has 0 aromatic heterocycles. The highest BCUT2D eigenvalue weighted by atomic mass is 16.2. The Bertz CT molecular complexity index is 429. The van der Waals surface area contributed by atoms with E-state index in [0.29, 0.717) is 0 Å². The molecule has 0 radical (unpaired) electrons. The molecule has 4 nitrogen and oxygen atoms in total. The Morgan fingerprint density at radius 3 is 2.19 bits per heavy atom. The summed E-state index contributed by atoms with van der Waals surface area (Å²) < 4.78 is 0. The zero-order valence-corrected chi connectivity index (χ0v) is 14.3. The predicted octanol–water partition coefficient (Wildman–Crippen LogP) is 2.57. The Balaban J connectivity index is 2.39. The topological polar surface area (TPSA) is 49.4 Å². The van der Waals surface area contributed by atoms with Gasteiger partial charge in [0.05, 0.1) is 0 Å². The van der Waals surface area contributed by atoms with Gasteiger partial charge in [0, 0.05) is 6.04 Å². The number of hydrogen-bond acceptors (Lipinski definition) is 2. The van der Waals surface area contributed by atoms with Crippen LogP contribution in [0.5, 0.6) is 0 Å². The van der Waals surface area contributed by atoms with Crippen LogP contribution in [0.3, 0.4) is 0 Å². The van der Waals surface area contributed by atoms with Gasteiger partial charge in [-0.3, -0.25) is 9.59 Å². The van der Waals surface area contributed by atoms with E-state index in [-0.39, 0.29) is 47.2 Å². The van der Waals surface area contributed by atoms with Gasteiger partial charge in [-0.1, -0.05) is 48.0 Å². The van der Waals surface area contributed by atoms with Crippen LogP contribution in [0.15, 0.2) is 0 Å². The second-order valence-electron chi connectivity index (χ2n) is 8.06. The van der Waals surface area contributed by atoms with Crippen molar-refractivity contribution in [3.8, 4) is 0 Å². The summed E-state index contributed by atoms with van der Waals surface area (Å²) in [5.74, 6) is 0.398. The standard InChI is InChI=1S/C17H30N2O2/c1-10(2)13-16(21)19(12-8-7-9-17(12,5)6)14(11(3)4)15(20)18-13/h10-14H,7-9H2,1-6H3,(H,18,20). The molecular formula is C17H30N2O2. The number of nitrogens with one attached hydrogen (secondary N) is 1. The van der Waals surface area contributed by atoms with Gasteiger partial charge in [0.2, 0.25) is 11.8 Å².